The van der Waals surface area contributed by atoms with Gasteiger partial charge < -0.3 is 10.4 Å². The topological polar surface area (TPSA) is 69.6 Å². The zero-order chi connectivity index (χ0) is 11.1. The summed E-state index contributed by atoms with van der Waals surface area (Å²) in [5, 5.41) is 12.9. The van der Waals surface area contributed by atoms with Crippen LogP contribution in [-0.4, -0.2) is 68.3 Å². The number of hydrogen-bond acceptors (Lipinski definition) is 5. The largest absolute Gasteiger partial charge is 0.390 e. The van der Waals surface area contributed by atoms with Crippen LogP contribution in [0, 0.1) is 0 Å². The Labute approximate surface area is 90.4 Å². The minimum atomic E-state index is -3.02. The first-order valence-electron chi connectivity index (χ1n) is 5.31. The Morgan fingerprint density at radius 2 is 2.13 bits per heavy atom. The molecule has 3 atom stereocenters. The quantitative estimate of drug-likeness (QED) is 0.604. The maximum atomic E-state index is 11.4. The van der Waals surface area contributed by atoms with Crippen LogP contribution in [-0.2, 0) is 9.84 Å². The van der Waals surface area contributed by atoms with Gasteiger partial charge in [0, 0.05) is 19.1 Å². The van der Waals surface area contributed by atoms with Gasteiger partial charge in [0.15, 0.2) is 9.84 Å². The summed E-state index contributed by atoms with van der Waals surface area (Å²) >= 11 is 0. The van der Waals surface area contributed by atoms with Gasteiger partial charge in [0.05, 0.1) is 23.7 Å². The van der Waals surface area contributed by atoms with E-state index in [1.807, 2.05) is 7.05 Å². The van der Waals surface area contributed by atoms with Gasteiger partial charge in [-0.15, -0.1) is 0 Å². The highest BCUT2D eigenvalue weighted by molar-refractivity contribution is 7.91. The molecule has 0 aliphatic carbocycles. The van der Waals surface area contributed by atoms with Crippen molar-refractivity contribution in [1.29, 1.82) is 0 Å². The lowest BCUT2D eigenvalue weighted by Gasteiger charge is -2.25. The Kier molecular flexibility index (Phi) is 3.03. The van der Waals surface area contributed by atoms with Gasteiger partial charge in [-0.25, -0.2) is 8.42 Å². The van der Waals surface area contributed by atoms with E-state index in [0.717, 1.165) is 19.5 Å². The van der Waals surface area contributed by atoms with E-state index >= 15 is 0 Å². The molecule has 0 aromatic heterocycles. The van der Waals surface area contributed by atoms with Crippen molar-refractivity contribution in [3.8, 4) is 0 Å². The van der Waals surface area contributed by atoms with Crippen molar-refractivity contribution in [2.45, 2.75) is 24.6 Å². The molecule has 2 rings (SSSR count). The molecule has 2 heterocycles. The Morgan fingerprint density at radius 3 is 2.60 bits per heavy atom. The molecule has 3 unspecified atom stereocenters. The molecule has 15 heavy (non-hydrogen) atoms. The molecule has 0 aromatic rings. The summed E-state index contributed by atoms with van der Waals surface area (Å²) in [7, 11) is -1.11. The Bertz CT molecular complexity index is 330. The van der Waals surface area contributed by atoms with Crippen molar-refractivity contribution in [3.05, 3.63) is 0 Å². The molecule has 0 bridgehead atoms. The molecular weight excluding hydrogens is 216 g/mol. The molecule has 5 nitrogen and oxygen atoms in total. The second kappa shape index (κ2) is 4.01. The molecular formula is C9H18N2O3S. The van der Waals surface area contributed by atoms with Crippen LogP contribution in [0.2, 0.25) is 0 Å². The third-order valence-electron chi connectivity index (χ3n) is 3.39. The molecule has 0 radical (unpaired) electrons. The number of likely N-dealkylation sites (N-methyl/N-ethyl adjacent to an activating group) is 1. The first kappa shape index (κ1) is 11.3. The van der Waals surface area contributed by atoms with Crippen LogP contribution >= 0.6 is 0 Å². The lowest BCUT2D eigenvalue weighted by molar-refractivity contribution is 0.0975. The molecule has 88 valence electrons. The number of nitrogens with zero attached hydrogens (tertiary/aromatic N) is 1. The van der Waals surface area contributed by atoms with E-state index in [1.54, 1.807) is 0 Å². The van der Waals surface area contributed by atoms with E-state index < -0.39 is 15.9 Å². The summed E-state index contributed by atoms with van der Waals surface area (Å²) in [6.07, 6.45) is 0.324. The predicted molar refractivity (Wildman–Crippen MR) is 57.5 cm³/mol. The average molecular weight is 234 g/mol. The van der Waals surface area contributed by atoms with Crippen LogP contribution in [0.5, 0.6) is 0 Å². The number of likely N-dealkylation sites (tertiary alicyclic amines) is 1. The molecule has 0 spiro atoms. The summed E-state index contributed by atoms with van der Waals surface area (Å²) in [6.45, 7) is 1.72. The van der Waals surface area contributed by atoms with Gasteiger partial charge >= 0.3 is 0 Å². The van der Waals surface area contributed by atoms with Crippen LogP contribution in [0.25, 0.3) is 0 Å². The van der Waals surface area contributed by atoms with Crippen LogP contribution in [0.3, 0.4) is 0 Å². The number of aliphatic hydroxyl groups is 1. The van der Waals surface area contributed by atoms with Gasteiger partial charge in [-0.2, -0.15) is 0 Å². The minimum absolute atomic E-state index is 0.0710. The lowest BCUT2D eigenvalue weighted by atomic mass is 10.2. The number of aliphatic hydroxyl groups excluding tert-OH is 1. The van der Waals surface area contributed by atoms with Crippen molar-refractivity contribution in [1.82, 2.24) is 10.2 Å². The number of hydrogen-bond donors (Lipinski definition) is 2. The van der Waals surface area contributed by atoms with Gasteiger partial charge in [0.2, 0.25) is 0 Å². The monoisotopic (exact) mass is 234 g/mol. The van der Waals surface area contributed by atoms with Crippen LogP contribution in [0.4, 0.5) is 0 Å². The Hall–Kier alpha value is -0.170. The zero-order valence-corrected chi connectivity index (χ0v) is 9.70. The maximum absolute atomic E-state index is 11.4. The van der Waals surface area contributed by atoms with Gasteiger partial charge in [-0.1, -0.05) is 0 Å². The molecule has 0 saturated carbocycles. The maximum Gasteiger partial charge on any atom is 0.154 e. The highest BCUT2D eigenvalue weighted by atomic mass is 32.2. The van der Waals surface area contributed by atoms with Gasteiger partial charge in [0.1, 0.15) is 0 Å². The molecule has 2 fully saturated rings. The normalized spacial score (nSPS) is 41.1. The van der Waals surface area contributed by atoms with E-state index in [0.29, 0.717) is 6.04 Å². The first-order valence-corrected chi connectivity index (χ1v) is 7.14. The van der Waals surface area contributed by atoms with E-state index in [-0.39, 0.29) is 17.5 Å². The van der Waals surface area contributed by atoms with Crippen molar-refractivity contribution >= 4 is 9.84 Å². The lowest BCUT2D eigenvalue weighted by Crippen LogP contribution is -2.43. The summed E-state index contributed by atoms with van der Waals surface area (Å²) in [5.74, 6) is 0.0446. The van der Waals surface area contributed by atoms with E-state index in [9.17, 15) is 13.5 Å². The fourth-order valence-corrected chi connectivity index (χ4v) is 4.32. The zero-order valence-electron chi connectivity index (χ0n) is 8.89. The highest BCUT2D eigenvalue weighted by Gasteiger charge is 2.41. The second-order valence-electron chi connectivity index (χ2n) is 4.48. The van der Waals surface area contributed by atoms with Crippen molar-refractivity contribution < 1.29 is 13.5 Å². The highest BCUT2D eigenvalue weighted by Crippen LogP contribution is 2.22. The van der Waals surface area contributed by atoms with Gasteiger partial charge in [0.25, 0.3) is 0 Å². The van der Waals surface area contributed by atoms with Crippen LogP contribution < -0.4 is 5.32 Å². The summed E-state index contributed by atoms with van der Waals surface area (Å²) in [4.78, 5) is 2.09. The fraction of sp³-hybridized carbons (Fsp3) is 1.00. The number of rotatable bonds is 2. The average Bonchev–Trinajstić information content (AvgIpc) is 2.69. The first-order chi connectivity index (χ1) is 7.02. The van der Waals surface area contributed by atoms with E-state index in [4.69, 9.17) is 0 Å². The standard InChI is InChI=1S/C9H18N2O3S/c1-10-7-2-3-11(4-7)8-5-15(13,14)6-9(8)12/h7-10,12H,2-6H2,1H3. The molecule has 2 saturated heterocycles. The fourth-order valence-electron chi connectivity index (χ4n) is 2.48. The van der Waals surface area contributed by atoms with Gasteiger partial charge in [-0.05, 0) is 13.5 Å². The van der Waals surface area contributed by atoms with Crippen molar-refractivity contribution in [3.63, 3.8) is 0 Å². The molecule has 2 aliphatic heterocycles. The van der Waals surface area contributed by atoms with Crippen molar-refractivity contribution in [2.24, 2.45) is 0 Å². The molecule has 0 aromatic carbocycles. The summed E-state index contributed by atoms with van der Waals surface area (Å²) in [6, 6.07) is 0.244. The molecule has 2 aliphatic rings. The predicted octanol–water partition coefficient (Wildman–Crippen LogP) is -1.56. The van der Waals surface area contributed by atoms with E-state index in [1.165, 1.54) is 0 Å². The minimum Gasteiger partial charge on any atom is -0.390 e. The van der Waals surface area contributed by atoms with E-state index in [2.05, 4.69) is 10.2 Å². The summed E-state index contributed by atoms with van der Waals surface area (Å²) < 4.78 is 22.7. The molecule has 0 amide bonds. The number of nitrogens with one attached hydrogen (secondary N) is 1. The van der Waals surface area contributed by atoms with Crippen molar-refractivity contribution in [2.75, 3.05) is 31.6 Å². The third-order valence-corrected chi connectivity index (χ3v) is 5.09. The van der Waals surface area contributed by atoms with Crippen LogP contribution in [0.15, 0.2) is 0 Å². The second-order valence-corrected chi connectivity index (χ2v) is 6.63. The van der Waals surface area contributed by atoms with Crippen LogP contribution in [0.1, 0.15) is 6.42 Å². The Balaban J connectivity index is 2.01. The third kappa shape index (κ3) is 2.33. The van der Waals surface area contributed by atoms with Gasteiger partial charge in [-0.3, -0.25) is 4.90 Å². The number of sulfone groups is 1. The Morgan fingerprint density at radius 1 is 1.40 bits per heavy atom. The molecule has 2 N–H and O–H groups in total. The summed E-state index contributed by atoms with van der Waals surface area (Å²) in [5.41, 5.74) is 0. The smallest absolute Gasteiger partial charge is 0.154 e. The SMILES string of the molecule is CNC1CCN(C2CS(=O)(=O)CC2O)C1. The molecule has 6 heteroatoms.